The maximum absolute atomic E-state index is 13.1. The second-order valence-electron chi connectivity index (χ2n) is 35.1. The number of anilines is 5. The maximum Gasteiger partial charge on any atom is 0.282 e. The zero-order valence-corrected chi connectivity index (χ0v) is 81.3. The maximum atomic E-state index is 13.1. The molecule has 0 saturated carbocycles. The topological polar surface area (TPSA) is 534 Å². The number of aromatic nitrogens is 25. The number of primary amides is 1. The molecule has 5 unspecified atom stereocenters. The fourth-order valence-corrected chi connectivity index (χ4v) is 19.2. The van der Waals surface area contributed by atoms with E-state index in [4.69, 9.17) is 19.9 Å². The summed E-state index contributed by atoms with van der Waals surface area (Å²) in [4.78, 5) is 97.3. The van der Waals surface area contributed by atoms with Crippen molar-refractivity contribution in [3.8, 4) is 56.9 Å². The van der Waals surface area contributed by atoms with Crippen LogP contribution in [-0.4, -0.2) is 307 Å². The van der Waals surface area contributed by atoms with Crippen molar-refractivity contribution in [3.63, 3.8) is 0 Å². The highest BCUT2D eigenvalue weighted by molar-refractivity contribution is 7.89. The number of halogens is 10. The van der Waals surface area contributed by atoms with Crippen LogP contribution in [0.2, 0.25) is 0 Å². The van der Waals surface area contributed by atoms with Crippen molar-refractivity contribution in [3.05, 3.63) is 182 Å². The van der Waals surface area contributed by atoms with Crippen molar-refractivity contribution in [2.75, 3.05) is 136 Å². The number of ether oxygens (including phenoxy) is 3. The number of carbonyl (C=O) groups is 2. The van der Waals surface area contributed by atoms with Gasteiger partial charge >= 0.3 is 0 Å². The number of alkyl halides is 10. The van der Waals surface area contributed by atoms with E-state index in [-0.39, 0.29) is 89.7 Å². The van der Waals surface area contributed by atoms with E-state index in [9.17, 15) is 78.7 Å². The molecule has 6 saturated heterocycles. The Morgan fingerprint density at radius 2 is 0.816 bits per heavy atom. The van der Waals surface area contributed by atoms with Crippen molar-refractivity contribution < 1.29 is 93.0 Å². The van der Waals surface area contributed by atoms with Gasteiger partial charge in [0.25, 0.3) is 32.1 Å². The molecule has 21 heterocycles. The van der Waals surface area contributed by atoms with Gasteiger partial charge in [0.05, 0.1) is 122 Å². The number of rotatable bonds is 25. The normalized spacial score (nSPS) is 19.9. The Labute approximate surface area is 830 Å². The van der Waals surface area contributed by atoms with Gasteiger partial charge in [0, 0.05) is 115 Å². The molecular formula is C88H95F10N35O11S3. The van der Waals surface area contributed by atoms with Crippen LogP contribution in [0.3, 0.4) is 0 Å². The third-order valence-electron chi connectivity index (χ3n) is 24.5. The Kier molecular flexibility index (Phi) is 31.3. The second kappa shape index (κ2) is 44.3. The number of fused-ring (bicyclic) bond motifs is 6. The van der Waals surface area contributed by atoms with Gasteiger partial charge in [0.15, 0.2) is 34.3 Å². The number of nitrogens with one attached hydrogen (secondary N) is 4. The summed E-state index contributed by atoms with van der Waals surface area (Å²) >= 11 is 0. The molecule has 6 aliphatic heterocycles. The standard InChI is InChI=1S/C19H23F2N7O3S.C18H21F2N7O3S.C18H17F2N7O.C17H17F2N7O2.C16H17F2N7O2S/c1-31-13-5-12(7-25-32(2,29)30)9-27(10-13)18-6-15(23-11-24-18)16-8-22-17-4-3-14(19(20)21)26-28(16)17;1-11-9-30-12(6-24-31(2,28)29)8-26(11)17-5-14(22-10-23-17)15-7-21-16-4-3-13(18(19)20)25-27(15)16;19-17(20)12-1-2-15-21-7-14(27(15)25-12)13-5-16(24-9-23-13)26-4-3-10-6-22-18(28)11(10)8-26;1-9-6-25(7-13(28-9)17(20)27)15-4-11(22-8-23-15)12-5-21-14-3-2-10(16(18)19)24-26(12)14;1-28(26,27)23-10-4-5-24(8-10)15-6-12(20-9-21-15)13-7-19-14-3-2-11(16(17)18)22-25(13)14/h3-4,6,8,11-13,19,25H,5,7,9-10H2,1-2H3;3-5,7,10-12,18,24H,6,8-9H2,1-2H3;1-2,5,7,9-11,17H,3-4,6,8H2,(H,22,28);2-5,8-9,13,16H,6-7H2,1H3,(H2,20,27);2-3,6-7,9-10,16,23H,4-5,8H2,1H3/t12-,13?;11-,12-;;9-,13?;/m11.1./s1. The van der Waals surface area contributed by atoms with Gasteiger partial charge in [0.1, 0.15) is 118 Å². The van der Waals surface area contributed by atoms with Crippen LogP contribution in [0, 0.1) is 17.8 Å². The monoisotopic (exact) mass is 2100 g/mol. The average Bonchev–Trinajstić information content (AvgIpc) is 1.69. The van der Waals surface area contributed by atoms with Crippen LogP contribution in [0.4, 0.5) is 73.0 Å². The first-order valence-corrected chi connectivity index (χ1v) is 51.2. The van der Waals surface area contributed by atoms with E-state index in [0.29, 0.717) is 192 Å². The van der Waals surface area contributed by atoms with Gasteiger partial charge in [-0.2, -0.15) is 25.5 Å². The number of carbonyl (C=O) groups excluding carboxylic acids is 2. The van der Waals surface area contributed by atoms with Crippen LogP contribution in [-0.2, 0) is 53.9 Å². The summed E-state index contributed by atoms with van der Waals surface area (Å²) in [6.07, 6.45) is 5.34. The number of sulfonamides is 3. The van der Waals surface area contributed by atoms with Crippen molar-refractivity contribution in [1.29, 1.82) is 0 Å². The number of imidazole rings is 5. The fraction of sp³-hybridized carbons (Fsp3) is 0.409. The van der Waals surface area contributed by atoms with Gasteiger partial charge in [-0.25, -0.2) is 181 Å². The Bertz CT molecular complexity index is 7640. The Hall–Kier alpha value is -14.7. The molecule has 776 valence electrons. The van der Waals surface area contributed by atoms with E-state index < -0.39 is 74.2 Å². The number of amides is 2. The van der Waals surface area contributed by atoms with Crippen molar-refractivity contribution in [2.24, 2.45) is 23.5 Å². The first kappa shape index (κ1) is 104. The molecular weight excluding hydrogens is 2010 g/mol. The van der Waals surface area contributed by atoms with E-state index >= 15 is 0 Å². The molecule has 0 aromatic carbocycles. The minimum atomic E-state index is -3.33. The predicted molar refractivity (Wildman–Crippen MR) is 509 cm³/mol. The van der Waals surface area contributed by atoms with Gasteiger partial charge in [-0.15, -0.1) is 0 Å². The predicted octanol–water partition coefficient (Wildman–Crippen LogP) is 6.93. The Morgan fingerprint density at radius 3 is 1.20 bits per heavy atom. The molecule has 46 nitrogen and oxygen atoms in total. The van der Waals surface area contributed by atoms with Gasteiger partial charge in [-0.1, -0.05) is 0 Å². The summed E-state index contributed by atoms with van der Waals surface area (Å²) in [6, 6.07) is 22.1. The molecule has 59 heteroatoms. The van der Waals surface area contributed by atoms with Gasteiger partial charge in [-0.05, 0) is 106 Å². The SMILES string of the molecule is COC1C[C@H](CNS(C)(=O)=O)CN(c2cc(-c3cnc4ccc(C(F)F)nn34)ncn2)C1.CS(=O)(=O)NC1CCN(c2cc(-c3cnc4ccc(C(F)F)nn34)ncn2)C1.C[C@@H]1CN(c2cc(-c3cnc4ccc(C(F)F)nn34)ncn2)CC(C(N)=O)O1.C[C@@H]1CO[C@H](CNS(C)(=O)=O)CN1c1cc(-c2cnc3ccc(C(F)F)nn23)ncn1.O=C1NCC2CCN(c3cc(-c4cnc5ccc(C(F)F)nn45)ncn3)CC12. The van der Waals surface area contributed by atoms with Crippen molar-refractivity contribution >= 4 is 99.2 Å². The highest BCUT2D eigenvalue weighted by atomic mass is 32.2. The summed E-state index contributed by atoms with van der Waals surface area (Å²) in [6.45, 7) is 10.2. The van der Waals surface area contributed by atoms with Crippen LogP contribution in [0.1, 0.15) is 93.7 Å². The molecule has 0 radical (unpaired) electrons. The van der Waals surface area contributed by atoms with Crippen molar-refractivity contribution in [2.45, 2.75) is 102 Å². The number of piperidine rings is 2. The van der Waals surface area contributed by atoms with E-state index in [1.165, 1.54) is 140 Å². The lowest BCUT2D eigenvalue weighted by Gasteiger charge is -2.38. The second-order valence-corrected chi connectivity index (χ2v) is 40.6. The van der Waals surface area contributed by atoms with Gasteiger partial charge in [-0.3, -0.25) is 9.59 Å². The lowest BCUT2D eigenvalue weighted by Crippen LogP contribution is -2.52. The fourth-order valence-electron chi connectivity index (χ4n) is 17.4. The number of nitrogens with two attached hydrogens (primary N) is 1. The number of morpholine rings is 2. The average molecular weight is 2110 g/mol. The summed E-state index contributed by atoms with van der Waals surface area (Å²) in [5.41, 5.74) is 10.6. The van der Waals surface area contributed by atoms with Gasteiger partial charge in [0.2, 0.25) is 41.9 Å². The Balaban J connectivity index is 0.000000126. The minimum Gasteiger partial charge on any atom is -0.380 e. The van der Waals surface area contributed by atoms with Crippen LogP contribution >= 0.6 is 0 Å². The lowest BCUT2D eigenvalue weighted by atomic mass is 9.88. The third-order valence-corrected chi connectivity index (χ3v) is 26.7. The van der Waals surface area contributed by atoms with Crippen molar-refractivity contribution in [1.82, 2.24) is 142 Å². The number of hydrogen-bond acceptors (Lipinski definition) is 36. The summed E-state index contributed by atoms with van der Waals surface area (Å²) < 4.78 is 230. The molecule has 0 aliphatic carbocycles. The highest BCUT2D eigenvalue weighted by Gasteiger charge is 2.41. The van der Waals surface area contributed by atoms with Crippen LogP contribution in [0.25, 0.3) is 85.2 Å². The van der Waals surface area contributed by atoms with Gasteiger partial charge < -0.3 is 49.8 Å². The first-order chi connectivity index (χ1) is 70.3. The third kappa shape index (κ3) is 25.0. The molecule has 147 heavy (non-hydrogen) atoms. The molecule has 6 N–H and O–H groups in total. The number of nitrogens with zero attached hydrogens (tertiary/aromatic N) is 30. The molecule has 15 aromatic rings. The van der Waals surface area contributed by atoms with Crippen LogP contribution < -0.4 is 49.7 Å². The smallest absolute Gasteiger partial charge is 0.282 e. The number of methoxy groups -OCH3 is 1. The number of hydrogen-bond donors (Lipinski definition) is 5. The molecule has 0 spiro atoms. The van der Waals surface area contributed by atoms with Crippen LogP contribution in [0.15, 0.2) is 154 Å². The molecule has 0 bridgehead atoms. The summed E-state index contributed by atoms with van der Waals surface area (Å²) in [5.74, 6) is 3.00. The summed E-state index contributed by atoms with van der Waals surface area (Å²) in [7, 11) is -8.30. The largest absolute Gasteiger partial charge is 0.380 e. The zero-order valence-electron chi connectivity index (χ0n) is 78.8. The van der Waals surface area contributed by atoms with E-state index in [0.717, 1.165) is 38.3 Å². The zero-order chi connectivity index (χ0) is 104. The molecule has 21 rings (SSSR count). The molecule has 6 fully saturated rings. The quantitative estimate of drug-likeness (QED) is 0.0362. The summed E-state index contributed by atoms with van der Waals surface area (Å²) in [5, 5.41) is 22.8. The van der Waals surface area contributed by atoms with E-state index in [1.807, 2.05) is 33.4 Å². The lowest BCUT2D eigenvalue weighted by molar-refractivity contribution is -0.133. The molecule has 9 atom stereocenters. The molecule has 15 aromatic heterocycles. The molecule has 6 aliphatic rings. The Morgan fingerprint density at radius 1 is 0.449 bits per heavy atom. The minimum absolute atomic E-state index is 0.0111. The van der Waals surface area contributed by atoms with Crippen LogP contribution in [0.5, 0.6) is 0 Å². The van der Waals surface area contributed by atoms with E-state index in [2.05, 4.69) is 125 Å². The highest BCUT2D eigenvalue weighted by Crippen LogP contribution is 2.36. The first-order valence-electron chi connectivity index (χ1n) is 45.5. The van der Waals surface area contributed by atoms with E-state index in [1.54, 1.807) is 43.6 Å². The molecule has 2 amide bonds.